The van der Waals surface area contributed by atoms with Gasteiger partial charge in [-0.2, -0.15) is 18.0 Å². The number of para-hydroxylation sites is 1. The fourth-order valence-electron chi connectivity index (χ4n) is 4.21. The maximum absolute atomic E-state index is 13.8. The third-order valence-electron chi connectivity index (χ3n) is 6.04. The Balaban J connectivity index is 1.62. The van der Waals surface area contributed by atoms with Crippen LogP contribution in [-0.4, -0.2) is 44.1 Å². The van der Waals surface area contributed by atoms with Crippen LogP contribution in [0.4, 0.5) is 23.2 Å². The van der Waals surface area contributed by atoms with Gasteiger partial charge in [0.15, 0.2) is 0 Å². The maximum atomic E-state index is 13.8. The van der Waals surface area contributed by atoms with Crippen LogP contribution in [0.5, 0.6) is 0 Å². The summed E-state index contributed by atoms with van der Waals surface area (Å²) < 4.78 is 54.6. The number of anilines is 1. The Hall–Kier alpha value is -3.83. The van der Waals surface area contributed by atoms with E-state index >= 15 is 0 Å². The predicted octanol–water partition coefficient (Wildman–Crippen LogP) is 3.98. The number of hydrogen-bond acceptors (Lipinski definition) is 5. The van der Waals surface area contributed by atoms with Gasteiger partial charge in [-0.25, -0.2) is 4.39 Å². The summed E-state index contributed by atoms with van der Waals surface area (Å²) in [6.45, 7) is 0.815. The Morgan fingerprint density at radius 1 is 1.11 bits per heavy atom. The number of benzene rings is 2. The fraction of sp³-hybridized carbons (Fsp3) is 0.375. The SMILES string of the molecule is C[C@@H](C(=O)NC1CCCC1)N(C(=O)Cn1nnc(-c2ccc(F)cc2)n1)c1ccccc1C(F)(F)F. The summed E-state index contributed by atoms with van der Waals surface area (Å²) in [7, 11) is 0. The molecule has 0 unspecified atom stereocenters. The minimum atomic E-state index is -4.75. The average molecular weight is 504 g/mol. The van der Waals surface area contributed by atoms with Crippen molar-refractivity contribution in [1.82, 2.24) is 25.5 Å². The first-order valence-corrected chi connectivity index (χ1v) is 11.5. The van der Waals surface area contributed by atoms with E-state index in [2.05, 4.69) is 20.7 Å². The normalized spacial score (nSPS) is 15.0. The molecule has 1 aliphatic rings. The fourth-order valence-corrected chi connectivity index (χ4v) is 4.21. The van der Waals surface area contributed by atoms with E-state index in [4.69, 9.17) is 0 Å². The molecule has 1 saturated carbocycles. The van der Waals surface area contributed by atoms with E-state index in [9.17, 15) is 27.2 Å². The van der Waals surface area contributed by atoms with Crippen molar-refractivity contribution in [3.05, 3.63) is 59.9 Å². The summed E-state index contributed by atoms with van der Waals surface area (Å²) in [5, 5.41) is 14.6. The largest absolute Gasteiger partial charge is 0.418 e. The van der Waals surface area contributed by atoms with Crippen LogP contribution in [0.2, 0.25) is 0 Å². The Morgan fingerprint density at radius 2 is 1.78 bits per heavy atom. The quantitative estimate of drug-likeness (QED) is 0.492. The third-order valence-corrected chi connectivity index (χ3v) is 6.04. The lowest BCUT2D eigenvalue weighted by Gasteiger charge is -2.31. The van der Waals surface area contributed by atoms with E-state index in [0.717, 1.165) is 47.5 Å². The molecule has 8 nitrogen and oxygen atoms in total. The first-order valence-electron chi connectivity index (χ1n) is 11.5. The number of amides is 2. The van der Waals surface area contributed by atoms with Gasteiger partial charge in [-0.3, -0.25) is 14.5 Å². The van der Waals surface area contributed by atoms with E-state index in [1.807, 2.05) is 0 Å². The van der Waals surface area contributed by atoms with Gasteiger partial charge >= 0.3 is 6.18 Å². The van der Waals surface area contributed by atoms with Crippen LogP contribution in [0, 0.1) is 5.82 Å². The van der Waals surface area contributed by atoms with Gasteiger partial charge < -0.3 is 5.32 Å². The second-order valence-corrected chi connectivity index (χ2v) is 8.59. The molecule has 0 spiro atoms. The molecule has 0 bridgehead atoms. The van der Waals surface area contributed by atoms with Crippen LogP contribution in [0.3, 0.4) is 0 Å². The highest BCUT2D eigenvalue weighted by Gasteiger charge is 2.39. The molecule has 1 aliphatic carbocycles. The topological polar surface area (TPSA) is 93.0 Å². The molecule has 0 saturated heterocycles. The predicted molar refractivity (Wildman–Crippen MR) is 122 cm³/mol. The number of nitrogens with one attached hydrogen (secondary N) is 1. The van der Waals surface area contributed by atoms with E-state index in [0.29, 0.717) is 5.56 Å². The molecule has 3 aromatic rings. The van der Waals surface area contributed by atoms with Crippen LogP contribution in [-0.2, 0) is 22.3 Å². The number of carbonyl (C=O) groups excluding carboxylic acids is 2. The van der Waals surface area contributed by atoms with Crippen molar-refractivity contribution in [3.63, 3.8) is 0 Å². The van der Waals surface area contributed by atoms with Crippen LogP contribution < -0.4 is 10.2 Å². The second-order valence-electron chi connectivity index (χ2n) is 8.59. The number of alkyl halides is 3. The molecule has 1 aromatic heterocycles. The standard InChI is InChI=1S/C24H24F4N6O2/c1-15(23(36)29-18-6-2-3-7-18)34(20-9-5-4-8-19(20)24(26,27)28)21(35)14-33-31-22(30-32-33)16-10-12-17(25)13-11-16/h4-5,8-13,15,18H,2-3,6-7,14H2,1H3,(H,29,36)/t15-/m0/s1. The van der Waals surface area contributed by atoms with E-state index in [1.165, 1.54) is 43.3 Å². The van der Waals surface area contributed by atoms with Gasteiger partial charge in [-0.15, -0.1) is 10.2 Å². The van der Waals surface area contributed by atoms with Crippen molar-refractivity contribution >= 4 is 17.5 Å². The molecular weight excluding hydrogens is 480 g/mol. The molecule has 4 rings (SSSR count). The summed E-state index contributed by atoms with van der Waals surface area (Å²) in [6, 6.07) is 8.56. The van der Waals surface area contributed by atoms with Crippen LogP contribution in [0.1, 0.15) is 38.2 Å². The third kappa shape index (κ3) is 5.69. The van der Waals surface area contributed by atoms with Crippen LogP contribution in [0.15, 0.2) is 48.5 Å². The number of nitrogens with zero attached hydrogens (tertiary/aromatic N) is 5. The number of hydrogen-bond donors (Lipinski definition) is 1. The summed E-state index contributed by atoms with van der Waals surface area (Å²) in [6.07, 6.45) is -1.29. The van der Waals surface area contributed by atoms with Crippen molar-refractivity contribution in [3.8, 4) is 11.4 Å². The molecule has 1 N–H and O–H groups in total. The Bertz CT molecular complexity index is 1220. The van der Waals surface area contributed by atoms with Gasteiger partial charge in [0.1, 0.15) is 18.4 Å². The smallest absolute Gasteiger partial charge is 0.352 e. The molecule has 1 atom stereocenters. The zero-order chi connectivity index (χ0) is 25.9. The van der Waals surface area contributed by atoms with Crippen LogP contribution >= 0.6 is 0 Å². The van der Waals surface area contributed by atoms with Gasteiger partial charge in [-0.1, -0.05) is 25.0 Å². The lowest BCUT2D eigenvalue weighted by atomic mass is 10.1. The van der Waals surface area contributed by atoms with Crippen molar-refractivity contribution in [2.75, 3.05) is 4.90 Å². The summed E-state index contributed by atoms with van der Waals surface area (Å²) in [4.78, 5) is 28.1. The highest BCUT2D eigenvalue weighted by molar-refractivity contribution is 6.01. The summed E-state index contributed by atoms with van der Waals surface area (Å²) in [5.74, 6) is -1.73. The first-order chi connectivity index (χ1) is 17.1. The van der Waals surface area contributed by atoms with E-state index in [1.54, 1.807) is 0 Å². The lowest BCUT2D eigenvalue weighted by molar-refractivity contribution is -0.137. The average Bonchev–Trinajstić information content (AvgIpc) is 3.52. The number of aromatic nitrogens is 4. The van der Waals surface area contributed by atoms with Gasteiger partial charge in [-0.05, 0) is 61.4 Å². The minimum absolute atomic E-state index is 0.0787. The van der Waals surface area contributed by atoms with Gasteiger partial charge in [0, 0.05) is 11.6 Å². The molecule has 2 aromatic carbocycles. The zero-order valence-corrected chi connectivity index (χ0v) is 19.4. The number of carbonyl (C=O) groups is 2. The van der Waals surface area contributed by atoms with Crippen molar-refractivity contribution in [1.29, 1.82) is 0 Å². The Morgan fingerprint density at radius 3 is 2.44 bits per heavy atom. The molecule has 0 aliphatic heterocycles. The molecule has 190 valence electrons. The van der Waals surface area contributed by atoms with Crippen molar-refractivity contribution < 1.29 is 27.2 Å². The van der Waals surface area contributed by atoms with E-state index < -0.39 is 47.6 Å². The maximum Gasteiger partial charge on any atom is 0.418 e. The second kappa shape index (κ2) is 10.4. The molecule has 1 heterocycles. The lowest BCUT2D eigenvalue weighted by Crippen LogP contribution is -2.51. The minimum Gasteiger partial charge on any atom is -0.352 e. The highest BCUT2D eigenvalue weighted by atomic mass is 19.4. The number of rotatable bonds is 7. The monoisotopic (exact) mass is 504 g/mol. The molecular formula is C24H24F4N6O2. The van der Waals surface area contributed by atoms with Gasteiger partial charge in [0.05, 0.1) is 11.3 Å². The first kappa shape index (κ1) is 25.3. The van der Waals surface area contributed by atoms with Crippen molar-refractivity contribution in [2.45, 2.75) is 57.4 Å². The van der Waals surface area contributed by atoms with Gasteiger partial charge in [0.25, 0.3) is 5.91 Å². The Labute approximate surface area is 204 Å². The Kier molecular flexibility index (Phi) is 7.32. The molecule has 2 amide bonds. The molecule has 0 radical (unpaired) electrons. The van der Waals surface area contributed by atoms with Crippen LogP contribution in [0.25, 0.3) is 11.4 Å². The number of halogens is 4. The van der Waals surface area contributed by atoms with E-state index in [-0.39, 0.29) is 11.9 Å². The highest BCUT2D eigenvalue weighted by Crippen LogP contribution is 2.37. The summed E-state index contributed by atoms with van der Waals surface area (Å²) in [5.41, 5.74) is -1.04. The summed E-state index contributed by atoms with van der Waals surface area (Å²) >= 11 is 0. The van der Waals surface area contributed by atoms with Crippen molar-refractivity contribution in [2.24, 2.45) is 0 Å². The molecule has 1 fully saturated rings. The zero-order valence-electron chi connectivity index (χ0n) is 19.4. The number of tetrazole rings is 1. The molecule has 12 heteroatoms. The molecule has 36 heavy (non-hydrogen) atoms. The van der Waals surface area contributed by atoms with Gasteiger partial charge in [0.2, 0.25) is 11.7 Å².